The van der Waals surface area contributed by atoms with E-state index in [2.05, 4.69) is 17.4 Å². The van der Waals surface area contributed by atoms with E-state index in [4.69, 9.17) is 21.1 Å². The number of hydrogen-bond donors (Lipinski definition) is 1. The van der Waals surface area contributed by atoms with Crippen molar-refractivity contribution in [2.45, 2.75) is 31.7 Å². The van der Waals surface area contributed by atoms with Gasteiger partial charge in [-0.3, -0.25) is 0 Å². The highest BCUT2D eigenvalue weighted by Gasteiger charge is 2.23. The largest absolute Gasteiger partial charge is 0.493 e. The molecule has 5 nitrogen and oxygen atoms in total. The molecule has 2 aromatic rings. The second-order valence-electron chi connectivity index (χ2n) is 7.04. The number of urea groups is 1. The zero-order valence-corrected chi connectivity index (χ0v) is 17.2. The molecule has 1 saturated heterocycles. The normalized spacial score (nSPS) is 17.0. The highest BCUT2D eigenvalue weighted by atomic mass is 35.5. The topological polar surface area (TPSA) is 50.8 Å². The molecule has 3 rings (SSSR count). The molecule has 1 heterocycles. The van der Waals surface area contributed by atoms with E-state index in [0.29, 0.717) is 24.0 Å². The van der Waals surface area contributed by atoms with Crippen LogP contribution in [0.15, 0.2) is 42.5 Å². The Balaban J connectivity index is 1.62. The van der Waals surface area contributed by atoms with E-state index in [1.54, 1.807) is 14.2 Å². The van der Waals surface area contributed by atoms with Gasteiger partial charge in [-0.2, -0.15) is 0 Å². The number of likely N-dealkylation sites (tertiary alicyclic amines) is 1. The van der Waals surface area contributed by atoms with E-state index in [0.717, 1.165) is 42.9 Å². The minimum atomic E-state index is -0.0318. The number of halogens is 1. The number of rotatable bonds is 5. The van der Waals surface area contributed by atoms with Crippen LogP contribution in [0.5, 0.6) is 11.5 Å². The van der Waals surface area contributed by atoms with Crippen LogP contribution in [0.2, 0.25) is 5.02 Å². The lowest BCUT2D eigenvalue weighted by atomic mass is 9.94. The van der Waals surface area contributed by atoms with Crippen molar-refractivity contribution < 1.29 is 14.3 Å². The van der Waals surface area contributed by atoms with Crippen LogP contribution in [0.25, 0.3) is 0 Å². The minimum Gasteiger partial charge on any atom is -0.493 e. The number of hydrogen-bond acceptors (Lipinski definition) is 3. The van der Waals surface area contributed by atoms with Crippen molar-refractivity contribution >= 4 is 17.6 Å². The molecule has 0 spiro atoms. The maximum absolute atomic E-state index is 12.8. The number of nitrogens with one attached hydrogen (secondary N) is 1. The lowest BCUT2D eigenvalue weighted by molar-refractivity contribution is 0.197. The summed E-state index contributed by atoms with van der Waals surface area (Å²) in [6, 6.07) is 13.6. The summed E-state index contributed by atoms with van der Waals surface area (Å²) >= 11 is 6.01. The standard InChI is InChI=1S/C22H27ClN2O3/c1-27-20-11-6-16(13-21(20)28-2)14-24-22(26)25-12-4-3-5-18(15-25)17-7-9-19(23)10-8-17/h6-11,13,18H,3-5,12,14-15H2,1-2H3,(H,24,26). The predicted molar refractivity (Wildman–Crippen MR) is 111 cm³/mol. The summed E-state index contributed by atoms with van der Waals surface area (Å²) in [5.74, 6) is 1.68. The summed E-state index contributed by atoms with van der Waals surface area (Å²) in [6.07, 6.45) is 3.22. The summed E-state index contributed by atoms with van der Waals surface area (Å²) in [6.45, 7) is 1.95. The van der Waals surface area contributed by atoms with Crippen molar-refractivity contribution in [3.05, 3.63) is 58.6 Å². The maximum atomic E-state index is 12.8. The Morgan fingerprint density at radius 2 is 1.86 bits per heavy atom. The quantitative estimate of drug-likeness (QED) is 0.778. The molecule has 1 N–H and O–H groups in total. The fourth-order valence-electron chi connectivity index (χ4n) is 3.61. The molecule has 0 radical (unpaired) electrons. The van der Waals surface area contributed by atoms with E-state index >= 15 is 0 Å². The third kappa shape index (κ3) is 5.10. The van der Waals surface area contributed by atoms with Gasteiger partial charge in [-0.05, 0) is 48.2 Å². The van der Waals surface area contributed by atoms with Gasteiger partial charge in [0, 0.05) is 30.6 Å². The van der Waals surface area contributed by atoms with Crippen LogP contribution >= 0.6 is 11.6 Å². The molecule has 2 amide bonds. The van der Waals surface area contributed by atoms with Crippen molar-refractivity contribution in [1.82, 2.24) is 10.2 Å². The maximum Gasteiger partial charge on any atom is 0.317 e. The number of nitrogens with zero attached hydrogens (tertiary/aromatic N) is 1. The molecule has 1 fully saturated rings. The molecule has 2 aromatic carbocycles. The molecule has 1 aliphatic heterocycles. The molecule has 0 aliphatic carbocycles. The van der Waals surface area contributed by atoms with Gasteiger partial charge in [0.1, 0.15) is 0 Å². The Bertz CT molecular complexity index is 795. The summed E-state index contributed by atoms with van der Waals surface area (Å²) in [5, 5.41) is 3.77. The van der Waals surface area contributed by atoms with Crippen molar-refractivity contribution in [3.63, 3.8) is 0 Å². The van der Waals surface area contributed by atoms with Gasteiger partial charge in [0.05, 0.1) is 14.2 Å². The fourth-order valence-corrected chi connectivity index (χ4v) is 3.74. The first kappa shape index (κ1) is 20.3. The third-order valence-corrected chi connectivity index (χ3v) is 5.44. The van der Waals surface area contributed by atoms with E-state index in [9.17, 15) is 4.79 Å². The smallest absolute Gasteiger partial charge is 0.317 e. The summed E-state index contributed by atoms with van der Waals surface area (Å²) in [5.41, 5.74) is 2.21. The van der Waals surface area contributed by atoms with Crippen LogP contribution in [0.3, 0.4) is 0 Å². The van der Waals surface area contributed by atoms with Crippen LogP contribution in [-0.2, 0) is 6.54 Å². The minimum absolute atomic E-state index is 0.0318. The molecule has 6 heteroatoms. The molecule has 1 aliphatic rings. The van der Waals surface area contributed by atoms with Gasteiger partial charge in [-0.25, -0.2) is 4.79 Å². The predicted octanol–water partition coefficient (Wildman–Crippen LogP) is 4.84. The first-order chi connectivity index (χ1) is 13.6. The molecule has 0 saturated carbocycles. The molecule has 1 atom stereocenters. The summed E-state index contributed by atoms with van der Waals surface area (Å²) in [4.78, 5) is 14.7. The van der Waals surface area contributed by atoms with Crippen LogP contribution < -0.4 is 14.8 Å². The monoisotopic (exact) mass is 402 g/mol. The lowest BCUT2D eigenvalue weighted by Gasteiger charge is -2.25. The lowest BCUT2D eigenvalue weighted by Crippen LogP contribution is -2.41. The Hall–Kier alpha value is -2.40. The van der Waals surface area contributed by atoms with Crippen LogP contribution in [0.4, 0.5) is 4.79 Å². The Kier molecular flexibility index (Phi) is 7.04. The number of carbonyl (C=O) groups excluding carboxylic acids is 1. The van der Waals surface area contributed by atoms with E-state index in [1.165, 1.54) is 5.56 Å². The zero-order valence-electron chi connectivity index (χ0n) is 16.4. The molecular formula is C22H27ClN2O3. The molecular weight excluding hydrogens is 376 g/mol. The van der Waals surface area contributed by atoms with Crippen molar-refractivity contribution in [3.8, 4) is 11.5 Å². The third-order valence-electron chi connectivity index (χ3n) is 5.19. The number of amides is 2. The highest BCUT2D eigenvalue weighted by molar-refractivity contribution is 6.30. The van der Waals surface area contributed by atoms with E-state index in [-0.39, 0.29) is 6.03 Å². The fraction of sp³-hybridized carbons (Fsp3) is 0.409. The molecule has 150 valence electrons. The average Bonchev–Trinajstić information content (AvgIpc) is 2.98. The Labute approximate surface area is 171 Å². The summed E-state index contributed by atoms with van der Waals surface area (Å²) in [7, 11) is 3.21. The van der Waals surface area contributed by atoms with Crippen molar-refractivity contribution in [2.24, 2.45) is 0 Å². The number of ether oxygens (including phenoxy) is 2. The zero-order chi connectivity index (χ0) is 19.9. The average molecular weight is 403 g/mol. The van der Waals surface area contributed by atoms with E-state index in [1.807, 2.05) is 35.2 Å². The van der Waals surface area contributed by atoms with Crippen LogP contribution in [0, 0.1) is 0 Å². The first-order valence-corrected chi connectivity index (χ1v) is 9.97. The van der Waals surface area contributed by atoms with Gasteiger partial charge in [0.2, 0.25) is 0 Å². The number of carbonyl (C=O) groups is 1. The van der Waals surface area contributed by atoms with Gasteiger partial charge in [0.25, 0.3) is 0 Å². The second-order valence-corrected chi connectivity index (χ2v) is 7.47. The van der Waals surface area contributed by atoms with Gasteiger partial charge < -0.3 is 19.7 Å². The van der Waals surface area contributed by atoms with Gasteiger partial charge in [0.15, 0.2) is 11.5 Å². The first-order valence-electron chi connectivity index (χ1n) is 9.60. The Morgan fingerprint density at radius 1 is 1.11 bits per heavy atom. The molecule has 1 unspecified atom stereocenters. The molecule has 28 heavy (non-hydrogen) atoms. The molecule has 0 bridgehead atoms. The van der Waals surface area contributed by atoms with Gasteiger partial charge in [-0.15, -0.1) is 0 Å². The van der Waals surface area contributed by atoms with Crippen LogP contribution in [-0.4, -0.2) is 38.2 Å². The highest BCUT2D eigenvalue weighted by Crippen LogP contribution is 2.29. The number of methoxy groups -OCH3 is 2. The SMILES string of the molecule is COc1ccc(CNC(=O)N2CCCCC(c3ccc(Cl)cc3)C2)cc1OC. The second kappa shape index (κ2) is 9.69. The van der Waals surface area contributed by atoms with Crippen molar-refractivity contribution in [2.75, 3.05) is 27.3 Å². The Morgan fingerprint density at radius 3 is 2.57 bits per heavy atom. The van der Waals surface area contributed by atoms with Crippen LogP contribution in [0.1, 0.15) is 36.3 Å². The van der Waals surface area contributed by atoms with E-state index < -0.39 is 0 Å². The molecule has 0 aromatic heterocycles. The number of benzene rings is 2. The van der Waals surface area contributed by atoms with Crippen molar-refractivity contribution in [1.29, 1.82) is 0 Å². The van der Waals surface area contributed by atoms with Gasteiger partial charge >= 0.3 is 6.03 Å². The van der Waals surface area contributed by atoms with Gasteiger partial charge in [-0.1, -0.05) is 36.2 Å². The summed E-state index contributed by atoms with van der Waals surface area (Å²) < 4.78 is 10.6.